The number of halogens is 2. The van der Waals surface area contributed by atoms with E-state index in [0.717, 1.165) is 18.7 Å². The third-order valence-electron chi connectivity index (χ3n) is 1.80. The van der Waals surface area contributed by atoms with Crippen LogP contribution in [-0.2, 0) is 11.2 Å². The number of carboxylic acids is 1. The predicted octanol–water partition coefficient (Wildman–Crippen LogP) is 3.06. The van der Waals surface area contributed by atoms with Gasteiger partial charge >= 0.3 is 5.97 Å². The standard InChI is InChI=1S/C11H12F2O2S/c1-11(12,13)7-16-9-5-3-2-4-8(9)6-10(14)15/h2-5H,6-7H2,1H3,(H,14,15). The van der Waals surface area contributed by atoms with Crippen LogP contribution >= 0.6 is 11.8 Å². The van der Waals surface area contributed by atoms with E-state index in [-0.39, 0.29) is 12.2 Å². The van der Waals surface area contributed by atoms with Gasteiger partial charge in [-0.25, -0.2) is 8.78 Å². The molecule has 0 aromatic heterocycles. The molecule has 0 amide bonds. The van der Waals surface area contributed by atoms with E-state index in [1.165, 1.54) is 0 Å². The predicted molar refractivity (Wildman–Crippen MR) is 59.1 cm³/mol. The Bertz CT molecular complexity index is 374. The molecule has 0 aliphatic heterocycles. The topological polar surface area (TPSA) is 37.3 Å². The van der Waals surface area contributed by atoms with E-state index in [4.69, 9.17) is 5.11 Å². The van der Waals surface area contributed by atoms with Crippen LogP contribution in [0.3, 0.4) is 0 Å². The van der Waals surface area contributed by atoms with Crippen LogP contribution in [-0.4, -0.2) is 22.8 Å². The average Bonchev–Trinajstić information content (AvgIpc) is 2.14. The largest absolute Gasteiger partial charge is 0.481 e. The van der Waals surface area contributed by atoms with E-state index in [0.29, 0.717) is 10.5 Å². The van der Waals surface area contributed by atoms with Crippen LogP contribution in [0.4, 0.5) is 8.78 Å². The zero-order valence-corrected chi connectivity index (χ0v) is 9.56. The summed E-state index contributed by atoms with van der Waals surface area (Å²) in [7, 11) is 0. The normalized spacial score (nSPS) is 11.4. The Morgan fingerprint density at radius 3 is 2.62 bits per heavy atom. The molecule has 0 spiro atoms. The lowest BCUT2D eigenvalue weighted by atomic mass is 10.1. The van der Waals surface area contributed by atoms with Crippen LogP contribution < -0.4 is 0 Å². The highest BCUT2D eigenvalue weighted by atomic mass is 32.2. The second kappa shape index (κ2) is 5.30. The molecule has 0 fully saturated rings. The minimum atomic E-state index is -2.75. The SMILES string of the molecule is CC(F)(F)CSc1ccccc1CC(=O)O. The highest BCUT2D eigenvalue weighted by Gasteiger charge is 2.21. The number of hydrogen-bond donors (Lipinski definition) is 1. The Morgan fingerprint density at radius 1 is 1.44 bits per heavy atom. The fourth-order valence-corrected chi connectivity index (χ4v) is 2.07. The van der Waals surface area contributed by atoms with Crippen molar-refractivity contribution in [2.24, 2.45) is 0 Å². The van der Waals surface area contributed by atoms with Gasteiger partial charge in [0.25, 0.3) is 5.92 Å². The van der Waals surface area contributed by atoms with Gasteiger partial charge in [0.1, 0.15) is 0 Å². The van der Waals surface area contributed by atoms with E-state index in [2.05, 4.69) is 0 Å². The first-order chi connectivity index (χ1) is 7.38. The molecule has 0 saturated heterocycles. The van der Waals surface area contributed by atoms with E-state index in [1.807, 2.05) is 0 Å². The highest BCUT2D eigenvalue weighted by molar-refractivity contribution is 7.99. The molecular weight excluding hydrogens is 234 g/mol. The summed E-state index contributed by atoms with van der Waals surface area (Å²) in [5, 5.41) is 8.66. The molecule has 1 aromatic rings. The van der Waals surface area contributed by atoms with E-state index < -0.39 is 11.9 Å². The van der Waals surface area contributed by atoms with Gasteiger partial charge in [-0.1, -0.05) is 18.2 Å². The molecule has 1 aromatic carbocycles. The Labute approximate surface area is 96.7 Å². The van der Waals surface area contributed by atoms with E-state index >= 15 is 0 Å². The Morgan fingerprint density at radius 2 is 2.06 bits per heavy atom. The first-order valence-electron chi connectivity index (χ1n) is 4.69. The smallest absolute Gasteiger partial charge is 0.307 e. The molecule has 1 N–H and O–H groups in total. The molecule has 0 aliphatic carbocycles. The summed E-state index contributed by atoms with van der Waals surface area (Å²) in [4.78, 5) is 11.2. The molecule has 0 saturated carbocycles. The van der Waals surface area contributed by atoms with E-state index in [1.54, 1.807) is 24.3 Å². The third kappa shape index (κ3) is 4.61. The Kier molecular flexibility index (Phi) is 4.29. The van der Waals surface area contributed by atoms with Crippen molar-refractivity contribution in [1.82, 2.24) is 0 Å². The molecule has 2 nitrogen and oxygen atoms in total. The molecule has 88 valence electrons. The maximum atomic E-state index is 12.7. The lowest BCUT2D eigenvalue weighted by Gasteiger charge is -2.11. The third-order valence-corrected chi connectivity index (χ3v) is 3.16. The van der Waals surface area contributed by atoms with Crippen LogP contribution in [0.25, 0.3) is 0 Å². The minimum absolute atomic E-state index is 0.140. The summed E-state index contributed by atoms with van der Waals surface area (Å²) in [6, 6.07) is 6.72. The van der Waals surface area contributed by atoms with Crippen molar-refractivity contribution in [1.29, 1.82) is 0 Å². The molecule has 0 heterocycles. The molecule has 5 heteroatoms. The van der Waals surface area contributed by atoms with Gasteiger partial charge in [0.2, 0.25) is 0 Å². The number of carbonyl (C=O) groups is 1. The van der Waals surface area contributed by atoms with Crippen LogP contribution in [0, 0.1) is 0 Å². The minimum Gasteiger partial charge on any atom is -0.481 e. The van der Waals surface area contributed by atoms with Crippen LogP contribution in [0.1, 0.15) is 12.5 Å². The van der Waals surface area contributed by atoms with Crippen molar-refractivity contribution >= 4 is 17.7 Å². The molecular formula is C11H12F2O2S. The number of thioether (sulfide) groups is 1. The summed E-state index contributed by atoms with van der Waals surface area (Å²) in [6.45, 7) is 0.847. The van der Waals surface area contributed by atoms with Crippen molar-refractivity contribution in [2.75, 3.05) is 5.75 Å². The fourth-order valence-electron chi connectivity index (χ4n) is 1.16. The van der Waals surface area contributed by atoms with Crippen molar-refractivity contribution in [2.45, 2.75) is 24.2 Å². The van der Waals surface area contributed by atoms with Gasteiger partial charge in [0.05, 0.1) is 12.2 Å². The summed E-state index contributed by atoms with van der Waals surface area (Å²) in [5.74, 6) is -4.05. The van der Waals surface area contributed by atoms with Gasteiger partial charge < -0.3 is 5.11 Å². The van der Waals surface area contributed by atoms with Gasteiger partial charge in [0.15, 0.2) is 0 Å². The lowest BCUT2D eigenvalue weighted by molar-refractivity contribution is -0.136. The molecule has 0 unspecified atom stereocenters. The second-order valence-corrected chi connectivity index (χ2v) is 4.55. The van der Waals surface area contributed by atoms with Gasteiger partial charge in [-0.2, -0.15) is 0 Å². The summed E-state index contributed by atoms with van der Waals surface area (Å²) in [6.07, 6.45) is -0.140. The first kappa shape index (κ1) is 13.0. The maximum Gasteiger partial charge on any atom is 0.307 e. The van der Waals surface area contributed by atoms with Gasteiger partial charge in [-0.05, 0) is 11.6 Å². The Hall–Kier alpha value is -1.10. The molecule has 16 heavy (non-hydrogen) atoms. The zero-order chi connectivity index (χ0) is 12.2. The number of benzene rings is 1. The molecule has 0 aliphatic rings. The maximum absolute atomic E-state index is 12.7. The summed E-state index contributed by atoms with van der Waals surface area (Å²) < 4.78 is 25.3. The fraction of sp³-hybridized carbons (Fsp3) is 0.364. The van der Waals surface area contributed by atoms with Gasteiger partial charge in [0, 0.05) is 11.8 Å². The lowest BCUT2D eigenvalue weighted by Crippen LogP contribution is -2.13. The monoisotopic (exact) mass is 246 g/mol. The van der Waals surface area contributed by atoms with Crippen LogP contribution in [0.15, 0.2) is 29.2 Å². The number of hydrogen-bond acceptors (Lipinski definition) is 2. The molecule has 0 radical (unpaired) electrons. The second-order valence-electron chi connectivity index (χ2n) is 3.54. The molecule has 1 rings (SSSR count). The highest BCUT2D eigenvalue weighted by Crippen LogP contribution is 2.28. The van der Waals surface area contributed by atoms with Crippen molar-refractivity contribution in [3.8, 4) is 0 Å². The summed E-state index contributed by atoms with van der Waals surface area (Å²) >= 11 is 0.983. The van der Waals surface area contributed by atoms with Crippen molar-refractivity contribution in [3.05, 3.63) is 29.8 Å². The van der Waals surface area contributed by atoms with E-state index in [9.17, 15) is 13.6 Å². The molecule has 0 bridgehead atoms. The number of carboxylic acid groups (broad SMARTS) is 1. The number of rotatable bonds is 5. The van der Waals surface area contributed by atoms with Crippen molar-refractivity contribution < 1.29 is 18.7 Å². The quantitative estimate of drug-likeness (QED) is 0.811. The number of aliphatic carboxylic acids is 1. The van der Waals surface area contributed by atoms with Crippen LogP contribution in [0.2, 0.25) is 0 Å². The van der Waals surface area contributed by atoms with Gasteiger partial charge in [-0.15, -0.1) is 11.8 Å². The average molecular weight is 246 g/mol. The first-order valence-corrected chi connectivity index (χ1v) is 5.67. The molecule has 0 atom stereocenters. The van der Waals surface area contributed by atoms with Gasteiger partial charge in [-0.3, -0.25) is 4.79 Å². The number of alkyl halides is 2. The zero-order valence-electron chi connectivity index (χ0n) is 8.74. The summed E-state index contributed by atoms with van der Waals surface area (Å²) in [5.41, 5.74) is 0.573. The van der Waals surface area contributed by atoms with Crippen molar-refractivity contribution in [3.63, 3.8) is 0 Å². The Balaban J connectivity index is 2.75. The van der Waals surface area contributed by atoms with Crippen LogP contribution in [0.5, 0.6) is 0 Å².